The van der Waals surface area contributed by atoms with Crippen molar-refractivity contribution in [2.24, 2.45) is 7.05 Å². The normalized spacial score (nSPS) is 10.8. The molecule has 0 saturated carbocycles. The maximum absolute atomic E-state index is 13.5. The second-order valence-electron chi connectivity index (χ2n) is 3.66. The highest BCUT2D eigenvalue weighted by atomic mass is 19.1. The molecule has 0 atom stereocenters. The van der Waals surface area contributed by atoms with E-state index in [4.69, 9.17) is 5.73 Å². The molecule has 2 N–H and O–H groups in total. The second kappa shape index (κ2) is 3.59. The van der Waals surface area contributed by atoms with Gasteiger partial charge in [0.25, 0.3) is 0 Å². The molecule has 2 rings (SSSR count). The van der Waals surface area contributed by atoms with Gasteiger partial charge in [0.05, 0.1) is 5.69 Å². The number of nitrogens with zero attached hydrogens (tertiary/aromatic N) is 2. The number of rotatable bonds is 1. The summed E-state index contributed by atoms with van der Waals surface area (Å²) in [5, 5.41) is 4.04. The molecule has 0 saturated heterocycles. The van der Waals surface area contributed by atoms with Crippen molar-refractivity contribution in [3.8, 4) is 11.3 Å². The Hall–Kier alpha value is -1.91. The van der Waals surface area contributed by atoms with E-state index >= 15 is 0 Å². The van der Waals surface area contributed by atoms with Crippen LogP contribution < -0.4 is 5.73 Å². The smallest absolute Gasteiger partial charge is 0.135 e. The zero-order valence-electron chi connectivity index (χ0n) is 8.96. The summed E-state index contributed by atoms with van der Waals surface area (Å²) in [5.74, 6) is -0.775. The first-order chi connectivity index (χ1) is 7.49. The van der Waals surface area contributed by atoms with Crippen molar-refractivity contribution < 1.29 is 8.78 Å². The van der Waals surface area contributed by atoms with Crippen LogP contribution in [0.2, 0.25) is 0 Å². The molecule has 1 aromatic heterocycles. The zero-order valence-corrected chi connectivity index (χ0v) is 8.96. The van der Waals surface area contributed by atoms with Gasteiger partial charge in [-0.15, -0.1) is 0 Å². The highest BCUT2D eigenvalue weighted by molar-refractivity contribution is 5.63. The number of aromatic nitrogens is 2. The summed E-state index contributed by atoms with van der Waals surface area (Å²) in [6.45, 7) is 1.57. The van der Waals surface area contributed by atoms with E-state index in [0.29, 0.717) is 17.1 Å². The predicted octanol–water partition coefficient (Wildman–Crippen LogP) is 2.26. The maximum Gasteiger partial charge on any atom is 0.135 e. The lowest BCUT2D eigenvalue weighted by molar-refractivity contribution is 0.579. The minimum Gasteiger partial charge on any atom is -0.384 e. The van der Waals surface area contributed by atoms with Gasteiger partial charge >= 0.3 is 0 Å². The third kappa shape index (κ3) is 1.64. The Balaban J connectivity index is 2.60. The van der Waals surface area contributed by atoms with Gasteiger partial charge in [0.15, 0.2) is 0 Å². The van der Waals surface area contributed by atoms with Crippen LogP contribution in [0, 0.1) is 18.6 Å². The van der Waals surface area contributed by atoms with Gasteiger partial charge in [-0.05, 0) is 18.6 Å². The van der Waals surface area contributed by atoms with E-state index in [0.717, 1.165) is 6.07 Å². The van der Waals surface area contributed by atoms with Crippen molar-refractivity contribution in [2.75, 3.05) is 5.73 Å². The largest absolute Gasteiger partial charge is 0.384 e. The molecule has 5 heteroatoms. The molecule has 0 amide bonds. The van der Waals surface area contributed by atoms with Crippen molar-refractivity contribution in [2.45, 2.75) is 6.92 Å². The van der Waals surface area contributed by atoms with Crippen molar-refractivity contribution in [1.29, 1.82) is 0 Å². The molecule has 0 unspecified atom stereocenters. The molecule has 3 nitrogen and oxygen atoms in total. The first-order valence-electron chi connectivity index (χ1n) is 4.74. The summed E-state index contributed by atoms with van der Waals surface area (Å²) in [7, 11) is 1.66. The van der Waals surface area contributed by atoms with Gasteiger partial charge in [-0.25, -0.2) is 8.78 Å². The molecule has 1 aromatic carbocycles. The van der Waals surface area contributed by atoms with Crippen LogP contribution in [0.25, 0.3) is 11.3 Å². The molecule has 0 spiro atoms. The van der Waals surface area contributed by atoms with E-state index in [1.54, 1.807) is 20.0 Å². The number of anilines is 1. The molecule has 0 aliphatic carbocycles. The van der Waals surface area contributed by atoms with Gasteiger partial charge in [-0.3, -0.25) is 4.68 Å². The van der Waals surface area contributed by atoms with Gasteiger partial charge in [-0.2, -0.15) is 5.10 Å². The average molecular weight is 223 g/mol. The first kappa shape index (κ1) is 10.6. The summed E-state index contributed by atoms with van der Waals surface area (Å²) in [6.07, 6.45) is 0. The van der Waals surface area contributed by atoms with E-state index in [-0.39, 0.29) is 5.56 Å². The highest BCUT2D eigenvalue weighted by Crippen LogP contribution is 2.25. The van der Waals surface area contributed by atoms with Crippen molar-refractivity contribution in [1.82, 2.24) is 9.78 Å². The number of hydrogen-bond donors (Lipinski definition) is 1. The molecule has 84 valence electrons. The Labute approximate surface area is 91.5 Å². The fourth-order valence-corrected chi connectivity index (χ4v) is 1.47. The fourth-order valence-electron chi connectivity index (χ4n) is 1.47. The Morgan fingerprint density at radius 1 is 1.19 bits per heavy atom. The molecule has 2 aromatic rings. The quantitative estimate of drug-likeness (QED) is 0.805. The Bertz CT molecular complexity index is 527. The minimum atomic E-state index is -0.638. The van der Waals surface area contributed by atoms with Gasteiger partial charge in [0.1, 0.15) is 17.5 Å². The second-order valence-corrected chi connectivity index (χ2v) is 3.66. The van der Waals surface area contributed by atoms with E-state index < -0.39 is 11.6 Å². The molecule has 0 aliphatic heterocycles. The van der Waals surface area contributed by atoms with E-state index in [1.807, 2.05) is 0 Å². The number of hydrogen-bond acceptors (Lipinski definition) is 2. The van der Waals surface area contributed by atoms with Crippen LogP contribution in [-0.2, 0) is 7.05 Å². The summed E-state index contributed by atoms with van der Waals surface area (Å²) in [6, 6.07) is 3.83. The summed E-state index contributed by atoms with van der Waals surface area (Å²) >= 11 is 0. The predicted molar refractivity (Wildman–Crippen MR) is 57.7 cm³/mol. The zero-order chi connectivity index (χ0) is 11.9. The Morgan fingerprint density at radius 3 is 2.44 bits per heavy atom. The third-order valence-corrected chi connectivity index (χ3v) is 2.44. The van der Waals surface area contributed by atoms with Crippen molar-refractivity contribution in [3.63, 3.8) is 0 Å². The van der Waals surface area contributed by atoms with Crippen LogP contribution >= 0.6 is 0 Å². The lowest BCUT2D eigenvalue weighted by Crippen LogP contribution is -1.97. The van der Waals surface area contributed by atoms with Gasteiger partial charge < -0.3 is 5.73 Å². The molecule has 16 heavy (non-hydrogen) atoms. The Morgan fingerprint density at radius 2 is 1.88 bits per heavy atom. The van der Waals surface area contributed by atoms with Gasteiger partial charge in [0, 0.05) is 24.7 Å². The molecule has 0 fully saturated rings. The number of benzene rings is 1. The molecular formula is C11H11F2N3. The van der Waals surface area contributed by atoms with Gasteiger partial charge in [0.2, 0.25) is 0 Å². The van der Waals surface area contributed by atoms with Crippen LogP contribution in [0.1, 0.15) is 5.56 Å². The van der Waals surface area contributed by atoms with E-state index in [2.05, 4.69) is 5.10 Å². The number of halogens is 2. The molecule has 0 aliphatic rings. The van der Waals surface area contributed by atoms with E-state index in [9.17, 15) is 8.78 Å². The SMILES string of the molecule is Cc1cc(-c2cc(N)n(C)n2)c(F)cc1F. The first-order valence-corrected chi connectivity index (χ1v) is 4.74. The van der Waals surface area contributed by atoms with Crippen LogP contribution in [0.5, 0.6) is 0 Å². The molecule has 0 bridgehead atoms. The molecule has 1 heterocycles. The van der Waals surface area contributed by atoms with Crippen LogP contribution in [0.3, 0.4) is 0 Å². The standard InChI is InChI=1S/C11H11F2N3/c1-6-3-7(9(13)4-8(6)12)10-5-11(14)16(2)15-10/h3-5H,14H2,1-2H3. The van der Waals surface area contributed by atoms with Crippen LogP contribution in [0.4, 0.5) is 14.6 Å². The molecular weight excluding hydrogens is 212 g/mol. The highest BCUT2D eigenvalue weighted by Gasteiger charge is 2.12. The van der Waals surface area contributed by atoms with Crippen molar-refractivity contribution >= 4 is 5.82 Å². The number of nitrogen functional groups attached to an aromatic ring is 1. The summed E-state index contributed by atoms with van der Waals surface area (Å²) in [5.41, 5.74) is 6.63. The lowest BCUT2D eigenvalue weighted by Gasteiger charge is -2.02. The summed E-state index contributed by atoms with van der Waals surface area (Å²) < 4.78 is 28.0. The van der Waals surface area contributed by atoms with E-state index in [1.165, 1.54) is 10.7 Å². The van der Waals surface area contributed by atoms with Gasteiger partial charge in [-0.1, -0.05) is 0 Å². The maximum atomic E-state index is 13.5. The summed E-state index contributed by atoms with van der Waals surface area (Å²) in [4.78, 5) is 0. The molecule has 0 radical (unpaired) electrons. The van der Waals surface area contributed by atoms with Crippen LogP contribution in [-0.4, -0.2) is 9.78 Å². The van der Waals surface area contributed by atoms with Crippen molar-refractivity contribution in [3.05, 3.63) is 35.4 Å². The van der Waals surface area contributed by atoms with Crippen LogP contribution in [0.15, 0.2) is 18.2 Å². The monoisotopic (exact) mass is 223 g/mol. The lowest BCUT2D eigenvalue weighted by atomic mass is 10.1. The third-order valence-electron chi connectivity index (χ3n) is 2.44. The Kier molecular flexibility index (Phi) is 2.38. The fraction of sp³-hybridized carbons (Fsp3) is 0.182. The topological polar surface area (TPSA) is 43.8 Å². The number of aryl methyl sites for hydroxylation is 2. The average Bonchev–Trinajstić information content (AvgIpc) is 2.53. The minimum absolute atomic E-state index is 0.256. The number of nitrogens with two attached hydrogens (primary N) is 1.